The molecule has 2 unspecified atom stereocenters. The molecule has 0 radical (unpaired) electrons. The fourth-order valence-corrected chi connectivity index (χ4v) is 2.45. The normalized spacial score (nSPS) is 25.4. The number of piperidine rings is 1. The summed E-state index contributed by atoms with van der Waals surface area (Å²) in [6, 6.07) is 6.48. The molecule has 1 aromatic rings. The van der Waals surface area contributed by atoms with Gasteiger partial charge >= 0.3 is 0 Å². The number of hydrogen-bond donors (Lipinski definition) is 1. The number of rotatable bonds is 2. The van der Waals surface area contributed by atoms with Crippen molar-refractivity contribution < 1.29 is 4.74 Å². The molecule has 16 heavy (non-hydrogen) atoms. The summed E-state index contributed by atoms with van der Waals surface area (Å²) < 4.78 is 5.24. The molecule has 0 spiro atoms. The highest BCUT2D eigenvalue weighted by Crippen LogP contribution is 2.32. The van der Waals surface area contributed by atoms with E-state index in [4.69, 9.17) is 16.3 Å². The fourth-order valence-electron chi connectivity index (χ4n) is 2.25. The summed E-state index contributed by atoms with van der Waals surface area (Å²) in [5.74, 6) is 1.55. The zero-order chi connectivity index (χ0) is 11.5. The van der Waals surface area contributed by atoms with Crippen molar-refractivity contribution in [3.05, 3.63) is 28.8 Å². The SMILES string of the molecule is COc1cc(C2CC(C)CCN2)ccc1Cl. The molecule has 0 amide bonds. The van der Waals surface area contributed by atoms with Gasteiger partial charge in [0.15, 0.2) is 0 Å². The number of halogens is 1. The Kier molecular flexibility index (Phi) is 3.72. The van der Waals surface area contributed by atoms with Crippen molar-refractivity contribution in [2.24, 2.45) is 5.92 Å². The monoisotopic (exact) mass is 239 g/mol. The number of hydrogen-bond acceptors (Lipinski definition) is 2. The zero-order valence-electron chi connectivity index (χ0n) is 9.79. The van der Waals surface area contributed by atoms with Crippen molar-refractivity contribution in [2.75, 3.05) is 13.7 Å². The van der Waals surface area contributed by atoms with Crippen LogP contribution in [0.3, 0.4) is 0 Å². The molecule has 1 fully saturated rings. The van der Waals surface area contributed by atoms with Crippen LogP contribution in [0.1, 0.15) is 31.4 Å². The highest BCUT2D eigenvalue weighted by atomic mass is 35.5. The van der Waals surface area contributed by atoms with Crippen LogP contribution >= 0.6 is 11.6 Å². The molecule has 0 saturated carbocycles. The van der Waals surface area contributed by atoms with Crippen LogP contribution in [0.2, 0.25) is 5.02 Å². The van der Waals surface area contributed by atoms with E-state index in [0.717, 1.165) is 18.2 Å². The molecule has 0 aromatic heterocycles. The summed E-state index contributed by atoms with van der Waals surface area (Å²) >= 11 is 6.02. The third kappa shape index (κ3) is 2.50. The fraction of sp³-hybridized carbons (Fsp3) is 0.538. The van der Waals surface area contributed by atoms with E-state index in [2.05, 4.69) is 18.3 Å². The Labute approximate surface area is 102 Å². The van der Waals surface area contributed by atoms with Crippen molar-refractivity contribution in [1.82, 2.24) is 5.32 Å². The van der Waals surface area contributed by atoms with E-state index in [0.29, 0.717) is 11.1 Å². The molecule has 1 aliphatic rings. The van der Waals surface area contributed by atoms with E-state index >= 15 is 0 Å². The molecule has 88 valence electrons. The van der Waals surface area contributed by atoms with Crippen molar-refractivity contribution in [3.63, 3.8) is 0 Å². The maximum absolute atomic E-state index is 6.02. The lowest BCUT2D eigenvalue weighted by molar-refractivity contribution is 0.324. The van der Waals surface area contributed by atoms with Gasteiger partial charge in [0.1, 0.15) is 5.75 Å². The number of benzene rings is 1. The molecular formula is C13H18ClNO. The third-order valence-electron chi connectivity index (χ3n) is 3.24. The lowest BCUT2D eigenvalue weighted by Crippen LogP contribution is -2.30. The first-order chi connectivity index (χ1) is 7.70. The third-order valence-corrected chi connectivity index (χ3v) is 3.56. The first-order valence-electron chi connectivity index (χ1n) is 5.77. The number of ether oxygens (including phenoxy) is 1. The predicted molar refractivity (Wildman–Crippen MR) is 67.1 cm³/mol. The van der Waals surface area contributed by atoms with E-state index in [1.807, 2.05) is 12.1 Å². The van der Waals surface area contributed by atoms with Gasteiger partial charge in [-0.3, -0.25) is 0 Å². The van der Waals surface area contributed by atoms with E-state index in [9.17, 15) is 0 Å². The molecule has 2 nitrogen and oxygen atoms in total. The summed E-state index contributed by atoms with van der Waals surface area (Å²) in [7, 11) is 1.65. The van der Waals surface area contributed by atoms with Crippen molar-refractivity contribution in [2.45, 2.75) is 25.8 Å². The molecule has 0 aliphatic carbocycles. The molecule has 1 heterocycles. The minimum Gasteiger partial charge on any atom is -0.495 e. The topological polar surface area (TPSA) is 21.3 Å². The molecule has 1 N–H and O–H groups in total. The van der Waals surface area contributed by atoms with Gasteiger partial charge in [0.2, 0.25) is 0 Å². The largest absolute Gasteiger partial charge is 0.495 e. The second-order valence-corrected chi connectivity index (χ2v) is 4.94. The molecule has 2 rings (SSSR count). The van der Waals surface area contributed by atoms with E-state index in [1.54, 1.807) is 7.11 Å². The molecule has 3 heteroatoms. The summed E-state index contributed by atoms with van der Waals surface area (Å²) in [5.41, 5.74) is 1.27. The lowest BCUT2D eigenvalue weighted by Gasteiger charge is -2.28. The summed E-state index contributed by atoms with van der Waals surface area (Å²) in [5, 5.41) is 4.21. The van der Waals surface area contributed by atoms with Crippen LogP contribution in [0, 0.1) is 5.92 Å². The van der Waals surface area contributed by atoms with Gasteiger partial charge < -0.3 is 10.1 Å². The van der Waals surface area contributed by atoms with E-state index in [-0.39, 0.29) is 0 Å². The van der Waals surface area contributed by atoms with E-state index in [1.165, 1.54) is 18.4 Å². The summed E-state index contributed by atoms with van der Waals surface area (Å²) in [6.07, 6.45) is 2.45. The molecule has 0 bridgehead atoms. The Hall–Kier alpha value is -0.730. The lowest BCUT2D eigenvalue weighted by atomic mass is 9.90. The van der Waals surface area contributed by atoms with Gasteiger partial charge in [-0.05, 0) is 43.0 Å². The second-order valence-electron chi connectivity index (χ2n) is 4.53. The molecular weight excluding hydrogens is 222 g/mol. The van der Waals surface area contributed by atoms with E-state index < -0.39 is 0 Å². The first kappa shape index (κ1) is 11.7. The zero-order valence-corrected chi connectivity index (χ0v) is 10.6. The highest BCUT2D eigenvalue weighted by molar-refractivity contribution is 6.32. The first-order valence-corrected chi connectivity index (χ1v) is 6.15. The highest BCUT2D eigenvalue weighted by Gasteiger charge is 2.20. The Morgan fingerprint density at radius 3 is 2.94 bits per heavy atom. The van der Waals surface area contributed by atoms with Gasteiger partial charge in [-0.15, -0.1) is 0 Å². The molecule has 1 saturated heterocycles. The van der Waals surface area contributed by atoms with Crippen LogP contribution in [0.15, 0.2) is 18.2 Å². The number of nitrogens with one attached hydrogen (secondary N) is 1. The Balaban J connectivity index is 2.19. The molecule has 2 atom stereocenters. The Morgan fingerprint density at radius 1 is 1.44 bits per heavy atom. The quantitative estimate of drug-likeness (QED) is 0.854. The Morgan fingerprint density at radius 2 is 2.25 bits per heavy atom. The molecule has 1 aliphatic heterocycles. The van der Waals surface area contributed by atoms with Gasteiger partial charge in [-0.1, -0.05) is 24.6 Å². The van der Waals surface area contributed by atoms with Crippen LogP contribution in [0.25, 0.3) is 0 Å². The average Bonchev–Trinajstić information content (AvgIpc) is 2.29. The number of methoxy groups -OCH3 is 1. The molecule has 1 aromatic carbocycles. The minimum absolute atomic E-state index is 0.440. The van der Waals surface area contributed by atoms with Crippen LogP contribution < -0.4 is 10.1 Å². The van der Waals surface area contributed by atoms with Crippen LogP contribution in [-0.4, -0.2) is 13.7 Å². The maximum Gasteiger partial charge on any atom is 0.137 e. The minimum atomic E-state index is 0.440. The smallest absolute Gasteiger partial charge is 0.137 e. The van der Waals surface area contributed by atoms with Crippen molar-refractivity contribution in [3.8, 4) is 5.75 Å². The second kappa shape index (κ2) is 5.07. The van der Waals surface area contributed by atoms with Gasteiger partial charge in [-0.2, -0.15) is 0 Å². The van der Waals surface area contributed by atoms with Gasteiger partial charge in [0, 0.05) is 6.04 Å². The maximum atomic E-state index is 6.02. The van der Waals surface area contributed by atoms with Crippen LogP contribution in [-0.2, 0) is 0 Å². The van der Waals surface area contributed by atoms with Crippen LogP contribution in [0.4, 0.5) is 0 Å². The Bertz CT molecular complexity index is 367. The van der Waals surface area contributed by atoms with Gasteiger partial charge in [-0.25, -0.2) is 0 Å². The average molecular weight is 240 g/mol. The predicted octanol–water partition coefficient (Wildman–Crippen LogP) is 3.41. The standard InChI is InChI=1S/C13H18ClNO/c1-9-5-6-15-12(7-9)10-3-4-11(14)13(8-10)16-2/h3-4,8-9,12,15H,5-7H2,1-2H3. The van der Waals surface area contributed by atoms with Gasteiger partial charge in [0.05, 0.1) is 12.1 Å². The van der Waals surface area contributed by atoms with Crippen LogP contribution in [0.5, 0.6) is 5.75 Å². The van der Waals surface area contributed by atoms with Crippen molar-refractivity contribution in [1.29, 1.82) is 0 Å². The van der Waals surface area contributed by atoms with Gasteiger partial charge in [0.25, 0.3) is 0 Å². The summed E-state index contributed by atoms with van der Waals surface area (Å²) in [6.45, 7) is 3.40. The van der Waals surface area contributed by atoms with Crippen molar-refractivity contribution >= 4 is 11.6 Å². The summed E-state index contributed by atoms with van der Waals surface area (Å²) in [4.78, 5) is 0.